The molecule has 18 heavy (non-hydrogen) atoms. The Labute approximate surface area is 120 Å². The first kappa shape index (κ1) is 13.5. The number of hydrogen-bond donors (Lipinski definition) is 0. The second-order valence-corrected chi connectivity index (χ2v) is 6.78. The first-order valence-corrected chi connectivity index (χ1v) is 7.21. The molecule has 0 spiro atoms. The molecular weight excluding hydrogens is 312 g/mol. The Morgan fingerprint density at radius 3 is 2.61 bits per heavy atom. The number of hydrogen-bond acceptors (Lipinski definition) is 4. The van der Waals surface area contributed by atoms with E-state index in [2.05, 4.69) is 46.1 Å². The van der Waals surface area contributed by atoms with Crippen molar-refractivity contribution in [2.45, 2.75) is 33.1 Å². The molecule has 0 aliphatic carbocycles. The fourth-order valence-electron chi connectivity index (χ4n) is 1.33. The molecule has 0 N–H and O–H groups in total. The average Bonchev–Trinajstić information content (AvgIpc) is 2.71. The minimum atomic E-state index is -0.0512. The van der Waals surface area contributed by atoms with E-state index in [1.807, 2.05) is 25.1 Å². The molecule has 96 valence electrons. The van der Waals surface area contributed by atoms with Crippen LogP contribution in [0.2, 0.25) is 0 Å². The molecule has 0 saturated carbocycles. The maximum atomic E-state index is 5.78. The first-order valence-electron chi connectivity index (χ1n) is 5.64. The topological polar surface area (TPSA) is 35.0 Å². The Morgan fingerprint density at radius 2 is 2.00 bits per heavy atom. The zero-order valence-corrected chi connectivity index (χ0v) is 13.2. The van der Waals surface area contributed by atoms with E-state index in [0.717, 1.165) is 21.6 Å². The van der Waals surface area contributed by atoms with Gasteiger partial charge in [-0.3, -0.25) is 0 Å². The van der Waals surface area contributed by atoms with Crippen LogP contribution in [-0.4, -0.2) is 9.36 Å². The van der Waals surface area contributed by atoms with Crippen LogP contribution in [0.25, 0.3) is 0 Å². The van der Waals surface area contributed by atoms with Crippen LogP contribution in [-0.2, 0) is 5.41 Å². The molecule has 1 heterocycles. The Kier molecular flexibility index (Phi) is 3.73. The van der Waals surface area contributed by atoms with Crippen molar-refractivity contribution in [2.24, 2.45) is 0 Å². The van der Waals surface area contributed by atoms with Crippen LogP contribution in [0.3, 0.4) is 0 Å². The molecular formula is C13H15BrN2OS. The highest BCUT2D eigenvalue weighted by Crippen LogP contribution is 2.31. The predicted octanol–water partition coefficient (Wildman–Crippen LogP) is 4.70. The minimum Gasteiger partial charge on any atom is -0.430 e. The fraction of sp³-hybridized carbons (Fsp3) is 0.385. The second-order valence-electron chi connectivity index (χ2n) is 5.15. The standard InChI is InChI=1S/C13H15BrN2OS/c1-8-5-6-9(14)7-10(8)17-12-15-11(16-18-12)13(2,3)4/h5-7H,1-4H3. The minimum absolute atomic E-state index is 0.0512. The van der Waals surface area contributed by atoms with Gasteiger partial charge in [0.2, 0.25) is 0 Å². The first-order chi connectivity index (χ1) is 8.36. The Balaban J connectivity index is 2.24. The monoisotopic (exact) mass is 326 g/mol. The van der Waals surface area contributed by atoms with Crippen molar-refractivity contribution < 1.29 is 4.74 Å². The van der Waals surface area contributed by atoms with E-state index in [0.29, 0.717) is 5.19 Å². The van der Waals surface area contributed by atoms with Crippen LogP contribution < -0.4 is 4.74 Å². The lowest BCUT2D eigenvalue weighted by Gasteiger charge is -2.12. The van der Waals surface area contributed by atoms with Gasteiger partial charge in [-0.2, -0.15) is 9.36 Å². The highest BCUT2D eigenvalue weighted by molar-refractivity contribution is 9.10. The molecule has 5 heteroatoms. The van der Waals surface area contributed by atoms with Crippen molar-refractivity contribution in [1.82, 2.24) is 9.36 Å². The number of rotatable bonds is 2. The number of aromatic nitrogens is 2. The lowest BCUT2D eigenvalue weighted by molar-refractivity contribution is 0.464. The van der Waals surface area contributed by atoms with Gasteiger partial charge in [-0.15, -0.1) is 0 Å². The van der Waals surface area contributed by atoms with Crippen LogP contribution in [0.5, 0.6) is 10.9 Å². The van der Waals surface area contributed by atoms with E-state index in [4.69, 9.17) is 4.74 Å². The zero-order chi connectivity index (χ0) is 13.3. The van der Waals surface area contributed by atoms with Crippen LogP contribution in [0.1, 0.15) is 32.2 Å². The van der Waals surface area contributed by atoms with Crippen molar-refractivity contribution in [3.8, 4) is 10.9 Å². The van der Waals surface area contributed by atoms with Gasteiger partial charge in [-0.05, 0) is 24.6 Å². The number of benzene rings is 1. The van der Waals surface area contributed by atoms with Crippen LogP contribution >= 0.6 is 27.5 Å². The molecule has 2 aromatic rings. The smallest absolute Gasteiger partial charge is 0.298 e. The molecule has 0 unspecified atom stereocenters. The van der Waals surface area contributed by atoms with E-state index in [1.54, 1.807) is 0 Å². The summed E-state index contributed by atoms with van der Waals surface area (Å²) in [6, 6.07) is 5.93. The van der Waals surface area contributed by atoms with Gasteiger partial charge in [0, 0.05) is 21.4 Å². The molecule has 1 aromatic carbocycles. The summed E-state index contributed by atoms with van der Waals surface area (Å²) in [7, 11) is 0. The highest BCUT2D eigenvalue weighted by Gasteiger charge is 2.20. The van der Waals surface area contributed by atoms with Gasteiger partial charge >= 0.3 is 0 Å². The number of nitrogens with zero attached hydrogens (tertiary/aromatic N) is 2. The molecule has 0 saturated heterocycles. The molecule has 0 atom stereocenters. The van der Waals surface area contributed by atoms with Gasteiger partial charge in [0.15, 0.2) is 5.82 Å². The largest absolute Gasteiger partial charge is 0.430 e. The third-order valence-corrected chi connectivity index (χ3v) is 3.51. The maximum absolute atomic E-state index is 5.78. The van der Waals surface area contributed by atoms with Crippen molar-refractivity contribution in [3.63, 3.8) is 0 Å². The van der Waals surface area contributed by atoms with Crippen molar-refractivity contribution in [3.05, 3.63) is 34.1 Å². The molecule has 0 aliphatic rings. The number of aryl methyl sites for hydroxylation is 1. The molecule has 0 bridgehead atoms. The summed E-state index contributed by atoms with van der Waals surface area (Å²) in [6.45, 7) is 8.27. The lowest BCUT2D eigenvalue weighted by atomic mass is 9.96. The van der Waals surface area contributed by atoms with Gasteiger partial charge in [0.25, 0.3) is 5.19 Å². The Bertz CT molecular complexity index is 560. The lowest BCUT2D eigenvalue weighted by Crippen LogP contribution is -2.12. The normalized spacial score (nSPS) is 11.6. The third kappa shape index (κ3) is 3.09. The Hall–Kier alpha value is -0.940. The van der Waals surface area contributed by atoms with Gasteiger partial charge in [0.1, 0.15) is 5.75 Å². The van der Waals surface area contributed by atoms with E-state index in [-0.39, 0.29) is 5.41 Å². The summed E-state index contributed by atoms with van der Waals surface area (Å²) >= 11 is 4.72. The molecule has 0 amide bonds. The molecule has 2 rings (SSSR count). The summed E-state index contributed by atoms with van der Waals surface area (Å²) in [5.74, 6) is 1.62. The van der Waals surface area contributed by atoms with E-state index in [9.17, 15) is 0 Å². The van der Waals surface area contributed by atoms with Gasteiger partial charge in [-0.25, -0.2) is 0 Å². The summed E-state index contributed by atoms with van der Waals surface area (Å²) in [5.41, 5.74) is 1.02. The summed E-state index contributed by atoms with van der Waals surface area (Å²) in [6.07, 6.45) is 0. The van der Waals surface area contributed by atoms with Gasteiger partial charge in [-0.1, -0.05) is 42.8 Å². The van der Waals surface area contributed by atoms with E-state index < -0.39 is 0 Å². The molecule has 0 fully saturated rings. The third-order valence-electron chi connectivity index (χ3n) is 2.43. The zero-order valence-electron chi connectivity index (χ0n) is 10.8. The maximum Gasteiger partial charge on any atom is 0.298 e. The summed E-state index contributed by atoms with van der Waals surface area (Å²) in [4.78, 5) is 4.42. The predicted molar refractivity (Wildman–Crippen MR) is 77.6 cm³/mol. The van der Waals surface area contributed by atoms with Gasteiger partial charge < -0.3 is 4.74 Å². The fourth-order valence-corrected chi connectivity index (χ4v) is 2.41. The molecule has 3 nitrogen and oxygen atoms in total. The van der Waals surface area contributed by atoms with E-state index in [1.165, 1.54) is 11.5 Å². The van der Waals surface area contributed by atoms with Crippen LogP contribution in [0.15, 0.2) is 22.7 Å². The van der Waals surface area contributed by atoms with Gasteiger partial charge in [0.05, 0.1) is 0 Å². The van der Waals surface area contributed by atoms with Crippen molar-refractivity contribution in [1.29, 1.82) is 0 Å². The van der Waals surface area contributed by atoms with Crippen molar-refractivity contribution in [2.75, 3.05) is 0 Å². The summed E-state index contributed by atoms with van der Waals surface area (Å²) in [5, 5.41) is 0.584. The number of ether oxygens (including phenoxy) is 1. The summed E-state index contributed by atoms with van der Waals surface area (Å²) < 4.78 is 11.1. The number of halogens is 1. The quantitative estimate of drug-likeness (QED) is 0.802. The van der Waals surface area contributed by atoms with Crippen LogP contribution in [0, 0.1) is 6.92 Å². The SMILES string of the molecule is Cc1ccc(Br)cc1Oc1nc(C(C)(C)C)ns1. The highest BCUT2D eigenvalue weighted by atomic mass is 79.9. The molecule has 0 aliphatic heterocycles. The average molecular weight is 327 g/mol. The Morgan fingerprint density at radius 1 is 1.28 bits per heavy atom. The van der Waals surface area contributed by atoms with Crippen molar-refractivity contribution >= 4 is 27.5 Å². The second kappa shape index (κ2) is 4.97. The molecule has 0 radical (unpaired) electrons. The molecule has 1 aromatic heterocycles. The van der Waals surface area contributed by atoms with Crippen LogP contribution in [0.4, 0.5) is 0 Å². The van der Waals surface area contributed by atoms with E-state index >= 15 is 0 Å².